The van der Waals surface area contributed by atoms with Crippen molar-refractivity contribution in [1.82, 2.24) is 9.88 Å². The van der Waals surface area contributed by atoms with Crippen LogP contribution in [0.15, 0.2) is 59.6 Å². The largest absolute Gasteiger partial charge is 0.480 e. The highest BCUT2D eigenvalue weighted by Gasteiger charge is 2.28. The Balaban J connectivity index is 2.13. The van der Waals surface area contributed by atoms with Crippen LogP contribution in [0.2, 0.25) is 10.0 Å². The van der Waals surface area contributed by atoms with Crippen molar-refractivity contribution in [3.05, 3.63) is 64.8 Å². The summed E-state index contributed by atoms with van der Waals surface area (Å²) in [5.41, 5.74) is 5.50. The highest BCUT2D eigenvalue weighted by Crippen LogP contribution is 2.31. The summed E-state index contributed by atoms with van der Waals surface area (Å²) in [7, 11) is -4.39. The fourth-order valence-electron chi connectivity index (χ4n) is 3.15. The zero-order valence-electron chi connectivity index (χ0n) is 17.0. The molecule has 11 nitrogen and oxygen atoms in total. The second kappa shape index (κ2) is 9.63. The number of hydrogen-bond donors (Lipinski definition) is 4. The average Bonchev–Trinajstić information content (AvgIpc) is 3.13. The van der Waals surface area contributed by atoms with Crippen molar-refractivity contribution in [1.29, 1.82) is 0 Å². The van der Waals surface area contributed by atoms with E-state index in [4.69, 9.17) is 34.0 Å². The van der Waals surface area contributed by atoms with Gasteiger partial charge in [0, 0.05) is 21.6 Å². The summed E-state index contributed by atoms with van der Waals surface area (Å²) in [6.07, 6.45) is 2.15. The van der Waals surface area contributed by atoms with E-state index in [0.717, 1.165) is 18.2 Å². The Kier molecular flexibility index (Phi) is 7.05. The molecule has 0 spiro atoms. The molecule has 3 aromatic rings. The molecule has 1 aromatic heterocycles. The van der Waals surface area contributed by atoms with Crippen molar-refractivity contribution < 1.29 is 33.0 Å². The maximum atomic E-state index is 13.3. The number of hydrogen-bond acceptors (Lipinski definition) is 5. The number of sulfonamides is 1. The number of rotatable bonds is 8. The summed E-state index contributed by atoms with van der Waals surface area (Å²) in [5.74, 6) is -2.92. The van der Waals surface area contributed by atoms with E-state index in [9.17, 15) is 27.9 Å². The molecule has 0 radical (unpaired) electrons. The SMILES string of the molecule is NC(=O)N/C(=C\C(=O)O)n1ccc2cc(N(CC(=O)O)S(=O)(=O)c3cc(Cl)cc(Cl)c3)ccc21. The molecule has 14 heteroatoms. The molecule has 2 amide bonds. The fourth-order valence-corrected chi connectivity index (χ4v) is 5.28. The molecule has 1 heterocycles. The van der Waals surface area contributed by atoms with Gasteiger partial charge in [0.25, 0.3) is 10.0 Å². The number of urea groups is 1. The molecule has 0 bridgehead atoms. The molecule has 0 aliphatic carbocycles. The van der Waals surface area contributed by atoms with Crippen LogP contribution in [0.25, 0.3) is 16.7 Å². The number of carbonyl (C=O) groups excluding carboxylic acids is 1. The van der Waals surface area contributed by atoms with E-state index in [1.165, 1.54) is 41.1 Å². The number of fused-ring (bicyclic) bond motifs is 1. The predicted molar refractivity (Wildman–Crippen MR) is 125 cm³/mol. The van der Waals surface area contributed by atoms with Crippen molar-refractivity contribution in [2.75, 3.05) is 10.8 Å². The average molecular weight is 527 g/mol. The molecule has 0 atom stereocenters. The Morgan fingerprint density at radius 3 is 2.26 bits per heavy atom. The third kappa shape index (κ3) is 5.42. The first-order valence-electron chi connectivity index (χ1n) is 9.21. The normalized spacial score (nSPS) is 11.9. The first-order chi connectivity index (χ1) is 15.9. The molecular weight excluding hydrogens is 511 g/mol. The van der Waals surface area contributed by atoms with Crippen molar-refractivity contribution >= 4 is 73.6 Å². The van der Waals surface area contributed by atoms with Crippen molar-refractivity contribution in [2.45, 2.75) is 4.90 Å². The summed E-state index contributed by atoms with van der Waals surface area (Å²) in [6.45, 7) is -0.897. The smallest absolute Gasteiger partial charge is 0.332 e. The van der Waals surface area contributed by atoms with E-state index in [1.807, 2.05) is 0 Å². The monoisotopic (exact) mass is 526 g/mol. The molecule has 0 fully saturated rings. The number of carboxylic acid groups (broad SMARTS) is 2. The van der Waals surface area contributed by atoms with Crippen LogP contribution in [0, 0.1) is 0 Å². The molecular formula is C20H16Cl2N4O7S. The second-order valence-electron chi connectivity index (χ2n) is 6.80. The number of primary amides is 1. The number of anilines is 1. The summed E-state index contributed by atoms with van der Waals surface area (Å²) < 4.78 is 28.5. The summed E-state index contributed by atoms with van der Waals surface area (Å²) >= 11 is 11.8. The minimum atomic E-state index is -4.39. The van der Waals surface area contributed by atoms with E-state index >= 15 is 0 Å². The van der Waals surface area contributed by atoms with Crippen molar-refractivity contribution in [3.63, 3.8) is 0 Å². The minimum Gasteiger partial charge on any atom is -0.480 e. The van der Waals surface area contributed by atoms with Crippen LogP contribution in [0.3, 0.4) is 0 Å². The zero-order valence-corrected chi connectivity index (χ0v) is 19.3. The van der Waals surface area contributed by atoms with Gasteiger partial charge in [-0.15, -0.1) is 0 Å². The minimum absolute atomic E-state index is 0.00960. The van der Waals surface area contributed by atoms with Gasteiger partial charge in [-0.1, -0.05) is 23.2 Å². The highest BCUT2D eigenvalue weighted by atomic mass is 35.5. The van der Waals surface area contributed by atoms with E-state index in [2.05, 4.69) is 5.32 Å². The number of nitrogens with two attached hydrogens (primary N) is 1. The second-order valence-corrected chi connectivity index (χ2v) is 9.53. The number of halogens is 2. The Hall–Kier alpha value is -3.74. The van der Waals surface area contributed by atoms with Gasteiger partial charge in [-0.2, -0.15) is 0 Å². The van der Waals surface area contributed by atoms with Crippen LogP contribution in [0.5, 0.6) is 0 Å². The van der Waals surface area contributed by atoms with E-state index in [-0.39, 0.29) is 26.4 Å². The molecule has 0 aliphatic heterocycles. The number of nitrogens with one attached hydrogen (secondary N) is 1. The standard InChI is InChI=1S/C20H16Cl2N4O7S/c21-12-6-13(22)8-15(7-12)34(32,33)26(10-19(29)30)14-1-2-16-11(5-14)3-4-25(16)17(9-18(27)28)24-20(23)31/h1-9H,10H2,(H,27,28)(H,29,30)(H3,23,24,31)/b17-9+. The quantitative estimate of drug-likeness (QED) is 0.326. The zero-order chi connectivity index (χ0) is 25.2. The lowest BCUT2D eigenvalue weighted by Gasteiger charge is -2.23. The van der Waals surface area contributed by atoms with Crippen LogP contribution in [-0.4, -0.2) is 47.7 Å². The van der Waals surface area contributed by atoms with Gasteiger partial charge in [-0.05, 0) is 42.5 Å². The highest BCUT2D eigenvalue weighted by molar-refractivity contribution is 7.92. The number of amides is 2. The molecule has 34 heavy (non-hydrogen) atoms. The maximum absolute atomic E-state index is 13.3. The summed E-state index contributed by atoms with van der Waals surface area (Å²) in [4.78, 5) is 33.6. The number of carboxylic acids is 2. The van der Waals surface area contributed by atoms with Gasteiger partial charge in [0.1, 0.15) is 12.4 Å². The first-order valence-corrected chi connectivity index (χ1v) is 11.4. The number of aromatic nitrogens is 1. The Bertz CT molecular complexity index is 1430. The van der Waals surface area contributed by atoms with Gasteiger partial charge < -0.3 is 20.5 Å². The van der Waals surface area contributed by atoms with Crippen molar-refractivity contribution in [3.8, 4) is 0 Å². The van der Waals surface area contributed by atoms with Crippen LogP contribution in [0.1, 0.15) is 0 Å². The van der Waals surface area contributed by atoms with Crippen LogP contribution in [-0.2, 0) is 19.6 Å². The molecule has 3 rings (SSSR count). The van der Waals surface area contributed by atoms with Crippen LogP contribution >= 0.6 is 23.2 Å². The Morgan fingerprint density at radius 1 is 1.06 bits per heavy atom. The third-order valence-electron chi connectivity index (χ3n) is 4.44. The van der Waals surface area contributed by atoms with Gasteiger partial charge >= 0.3 is 18.0 Å². The lowest BCUT2D eigenvalue weighted by molar-refractivity contribution is -0.135. The van der Waals surface area contributed by atoms with E-state index < -0.39 is 34.5 Å². The van der Waals surface area contributed by atoms with Gasteiger partial charge in [-0.3, -0.25) is 14.4 Å². The van der Waals surface area contributed by atoms with E-state index in [0.29, 0.717) is 15.2 Å². The van der Waals surface area contributed by atoms with Gasteiger partial charge in [0.05, 0.1) is 22.2 Å². The molecule has 5 N–H and O–H groups in total. The Morgan fingerprint density at radius 2 is 1.71 bits per heavy atom. The summed E-state index contributed by atoms with van der Waals surface area (Å²) in [5, 5.41) is 21.1. The third-order valence-corrected chi connectivity index (χ3v) is 6.62. The lowest BCUT2D eigenvalue weighted by Crippen LogP contribution is -2.35. The first kappa shape index (κ1) is 24.9. The number of aliphatic carboxylic acids is 2. The molecule has 2 aromatic carbocycles. The molecule has 0 saturated carbocycles. The van der Waals surface area contributed by atoms with Gasteiger partial charge in [-0.25, -0.2) is 18.0 Å². The van der Waals surface area contributed by atoms with Gasteiger partial charge in [0.2, 0.25) is 0 Å². The van der Waals surface area contributed by atoms with Crippen molar-refractivity contribution in [2.24, 2.45) is 5.73 Å². The van der Waals surface area contributed by atoms with Crippen LogP contribution in [0.4, 0.5) is 10.5 Å². The fraction of sp³-hybridized carbons (Fsp3) is 0.0500. The Labute approximate surface area is 202 Å². The summed E-state index contributed by atoms with van der Waals surface area (Å²) in [6, 6.07) is 8.29. The maximum Gasteiger partial charge on any atom is 0.332 e. The molecule has 0 saturated heterocycles. The molecule has 178 valence electrons. The number of benzene rings is 2. The van der Waals surface area contributed by atoms with Gasteiger partial charge in [0.15, 0.2) is 0 Å². The number of carbonyl (C=O) groups is 3. The lowest BCUT2D eigenvalue weighted by atomic mass is 10.2. The predicted octanol–water partition coefficient (Wildman–Crippen LogP) is 2.78. The molecule has 0 aliphatic rings. The van der Waals surface area contributed by atoms with Crippen LogP contribution < -0.4 is 15.4 Å². The molecule has 0 unspecified atom stereocenters. The van der Waals surface area contributed by atoms with E-state index in [1.54, 1.807) is 0 Å². The number of nitrogens with zero attached hydrogens (tertiary/aromatic N) is 2. The topological polar surface area (TPSA) is 172 Å².